The van der Waals surface area contributed by atoms with E-state index in [0.717, 1.165) is 29.7 Å². The number of sulfonamides is 1. The van der Waals surface area contributed by atoms with E-state index in [9.17, 15) is 8.42 Å². The van der Waals surface area contributed by atoms with E-state index < -0.39 is 15.6 Å². The van der Waals surface area contributed by atoms with Crippen LogP contribution in [-0.4, -0.2) is 8.42 Å². The van der Waals surface area contributed by atoms with Crippen LogP contribution in [0.15, 0.2) is 46.7 Å². The van der Waals surface area contributed by atoms with E-state index in [1.165, 1.54) is 6.07 Å². The van der Waals surface area contributed by atoms with Crippen molar-refractivity contribution in [2.24, 2.45) is 0 Å². The van der Waals surface area contributed by atoms with Crippen molar-refractivity contribution < 1.29 is 8.42 Å². The fourth-order valence-corrected chi connectivity index (χ4v) is 5.01. The molecule has 1 aromatic heterocycles. The Balaban J connectivity index is 1.90. The van der Waals surface area contributed by atoms with Gasteiger partial charge in [0.05, 0.1) is 9.88 Å². The first kappa shape index (κ1) is 13.1. The number of halogens is 1. The molecule has 2 aromatic rings. The van der Waals surface area contributed by atoms with Crippen LogP contribution in [0.2, 0.25) is 4.34 Å². The maximum absolute atomic E-state index is 12.3. The lowest BCUT2D eigenvalue weighted by Crippen LogP contribution is -2.34. The summed E-state index contributed by atoms with van der Waals surface area (Å²) in [5.74, 6) is 0. The van der Waals surface area contributed by atoms with E-state index in [-0.39, 0.29) is 4.21 Å². The Morgan fingerprint density at radius 3 is 2.32 bits per heavy atom. The number of nitrogens with one attached hydrogen (secondary N) is 1. The second-order valence-corrected chi connectivity index (χ2v) is 8.24. The number of thiophene rings is 1. The van der Waals surface area contributed by atoms with Crippen LogP contribution in [0.4, 0.5) is 0 Å². The zero-order chi connectivity index (χ0) is 13.5. The van der Waals surface area contributed by atoms with Crippen LogP contribution in [0.1, 0.15) is 18.4 Å². The Hall–Kier alpha value is -0.880. The molecule has 0 saturated heterocycles. The lowest BCUT2D eigenvalue weighted by molar-refractivity contribution is 0.553. The standard InChI is InChI=1S/C13H12ClNO2S2/c14-11-6-7-12(18-11)19(16,17)15-13(8-9-13)10-4-2-1-3-5-10/h1-7,15H,8-9H2. The summed E-state index contributed by atoms with van der Waals surface area (Å²) in [6, 6.07) is 12.8. The molecule has 1 aliphatic carbocycles. The molecule has 0 atom stereocenters. The van der Waals surface area contributed by atoms with Gasteiger partial charge < -0.3 is 0 Å². The molecule has 3 rings (SSSR count). The molecule has 0 amide bonds. The fraction of sp³-hybridized carbons (Fsp3) is 0.231. The van der Waals surface area contributed by atoms with Gasteiger partial charge >= 0.3 is 0 Å². The maximum Gasteiger partial charge on any atom is 0.250 e. The smallest absolute Gasteiger partial charge is 0.206 e. The minimum absolute atomic E-state index is 0.264. The van der Waals surface area contributed by atoms with E-state index in [1.54, 1.807) is 6.07 Å². The quantitative estimate of drug-likeness (QED) is 0.940. The average Bonchev–Trinajstić information content (AvgIpc) is 3.02. The Morgan fingerprint density at radius 1 is 1.11 bits per heavy atom. The molecule has 0 aliphatic heterocycles. The molecule has 0 spiro atoms. The largest absolute Gasteiger partial charge is 0.250 e. The van der Waals surface area contributed by atoms with Gasteiger partial charge in [-0.3, -0.25) is 0 Å². The first-order chi connectivity index (χ1) is 9.02. The van der Waals surface area contributed by atoms with Crippen LogP contribution in [0.25, 0.3) is 0 Å². The second-order valence-electron chi connectivity index (χ2n) is 4.61. The monoisotopic (exact) mass is 313 g/mol. The summed E-state index contributed by atoms with van der Waals surface area (Å²) in [6.07, 6.45) is 1.66. The molecular weight excluding hydrogens is 302 g/mol. The molecule has 0 bridgehead atoms. The summed E-state index contributed by atoms with van der Waals surface area (Å²) < 4.78 is 28.2. The molecule has 0 unspecified atom stereocenters. The third-order valence-corrected chi connectivity index (χ3v) is 6.48. The Morgan fingerprint density at radius 2 is 1.79 bits per heavy atom. The summed E-state index contributed by atoms with van der Waals surface area (Å²) in [5, 5.41) is 0. The lowest BCUT2D eigenvalue weighted by Gasteiger charge is -2.17. The van der Waals surface area contributed by atoms with Crippen molar-refractivity contribution in [3.8, 4) is 0 Å². The van der Waals surface area contributed by atoms with E-state index in [2.05, 4.69) is 4.72 Å². The number of benzene rings is 1. The topological polar surface area (TPSA) is 46.2 Å². The van der Waals surface area contributed by atoms with Crippen molar-refractivity contribution in [1.29, 1.82) is 0 Å². The molecule has 1 saturated carbocycles. The van der Waals surface area contributed by atoms with Crippen molar-refractivity contribution in [1.82, 2.24) is 4.72 Å². The zero-order valence-electron chi connectivity index (χ0n) is 9.97. The van der Waals surface area contributed by atoms with Crippen LogP contribution < -0.4 is 4.72 Å². The van der Waals surface area contributed by atoms with Crippen molar-refractivity contribution in [3.05, 3.63) is 52.4 Å². The summed E-state index contributed by atoms with van der Waals surface area (Å²) >= 11 is 6.87. The van der Waals surface area contributed by atoms with Gasteiger partial charge in [-0.05, 0) is 30.5 Å². The highest BCUT2D eigenvalue weighted by Crippen LogP contribution is 2.46. The van der Waals surface area contributed by atoms with Gasteiger partial charge in [-0.1, -0.05) is 41.9 Å². The molecule has 6 heteroatoms. The molecule has 1 aliphatic rings. The van der Waals surface area contributed by atoms with Crippen LogP contribution in [0.3, 0.4) is 0 Å². The van der Waals surface area contributed by atoms with Gasteiger partial charge in [-0.25, -0.2) is 8.42 Å². The van der Waals surface area contributed by atoms with E-state index in [4.69, 9.17) is 11.6 Å². The minimum Gasteiger partial charge on any atom is -0.206 e. The zero-order valence-corrected chi connectivity index (χ0v) is 12.4. The SMILES string of the molecule is O=S(=O)(NC1(c2ccccc2)CC1)c1ccc(Cl)s1. The van der Waals surface area contributed by atoms with Gasteiger partial charge in [0, 0.05) is 0 Å². The number of rotatable bonds is 4. The van der Waals surface area contributed by atoms with Gasteiger partial charge in [0.15, 0.2) is 0 Å². The number of hydrogen-bond donors (Lipinski definition) is 1. The summed E-state index contributed by atoms with van der Waals surface area (Å²) in [5.41, 5.74) is 0.581. The Bertz CT molecular complexity index is 690. The van der Waals surface area contributed by atoms with E-state index >= 15 is 0 Å². The van der Waals surface area contributed by atoms with Crippen molar-refractivity contribution in [2.45, 2.75) is 22.6 Å². The highest BCUT2D eigenvalue weighted by Gasteiger charge is 2.47. The average molecular weight is 314 g/mol. The van der Waals surface area contributed by atoms with Crippen molar-refractivity contribution >= 4 is 33.0 Å². The maximum atomic E-state index is 12.3. The van der Waals surface area contributed by atoms with E-state index in [1.807, 2.05) is 30.3 Å². The normalized spacial score (nSPS) is 17.3. The first-order valence-electron chi connectivity index (χ1n) is 5.87. The molecule has 3 nitrogen and oxygen atoms in total. The molecule has 19 heavy (non-hydrogen) atoms. The third kappa shape index (κ3) is 2.56. The minimum atomic E-state index is -3.50. The van der Waals surface area contributed by atoms with Gasteiger partial charge in [-0.15, -0.1) is 11.3 Å². The van der Waals surface area contributed by atoms with Crippen LogP contribution in [0, 0.1) is 0 Å². The number of hydrogen-bond acceptors (Lipinski definition) is 3. The molecule has 1 N–H and O–H groups in total. The molecular formula is C13H12ClNO2S2. The molecule has 0 radical (unpaired) electrons. The first-order valence-corrected chi connectivity index (χ1v) is 8.54. The highest BCUT2D eigenvalue weighted by molar-refractivity contribution is 7.91. The predicted octanol–water partition coefficient (Wildman–Crippen LogP) is 3.37. The Kier molecular flexibility index (Phi) is 3.17. The van der Waals surface area contributed by atoms with Gasteiger partial charge in [0.1, 0.15) is 4.21 Å². The van der Waals surface area contributed by atoms with Crippen LogP contribution >= 0.6 is 22.9 Å². The lowest BCUT2D eigenvalue weighted by atomic mass is 10.1. The summed E-state index contributed by atoms with van der Waals surface area (Å²) in [4.78, 5) is 0. The molecule has 1 heterocycles. The van der Waals surface area contributed by atoms with Gasteiger partial charge in [0.2, 0.25) is 0 Å². The van der Waals surface area contributed by atoms with Crippen LogP contribution in [-0.2, 0) is 15.6 Å². The Labute approximate surface area is 121 Å². The predicted molar refractivity (Wildman–Crippen MR) is 77.0 cm³/mol. The van der Waals surface area contributed by atoms with E-state index in [0.29, 0.717) is 4.34 Å². The highest BCUT2D eigenvalue weighted by atomic mass is 35.5. The summed E-state index contributed by atoms with van der Waals surface area (Å²) in [7, 11) is -3.50. The fourth-order valence-electron chi connectivity index (χ4n) is 2.08. The second kappa shape index (κ2) is 4.59. The molecule has 1 fully saturated rings. The third-order valence-electron chi connectivity index (χ3n) is 3.22. The van der Waals surface area contributed by atoms with Crippen LogP contribution in [0.5, 0.6) is 0 Å². The van der Waals surface area contributed by atoms with Gasteiger partial charge in [-0.2, -0.15) is 4.72 Å². The molecule has 1 aromatic carbocycles. The summed E-state index contributed by atoms with van der Waals surface area (Å²) in [6.45, 7) is 0. The van der Waals surface area contributed by atoms with Crippen molar-refractivity contribution in [2.75, 3.05) is 0 Å². The van der Waals surface area contributed by atoms with Gasteiger partial charge in [0.25, 0.3) is 10.0 Å². The molecule has 100 valence electrons. The van der Waals surface area contributed by atoms with Crippen molar-refractivity contribution in [3.63, 3.8) is 0 Å².